The Morgan fingerprint density at radius 1 is 1.60 bits per heavy atom. The van der Waals surface area contributed by atoms with Crippen LogP contribution < -0.4 is 10.9 Å². The minimum atomic E-state index is 0.613. The predicted molar refractivity (Wildman–Crippen MR) is 36.7 cm³/mol. The lowest BCUT2D eigenvalue weighted by Gasteiger charge is -2.10. The zero-order valence-electron chi connectivity index (χ0n) is 5.29. The molecule has 0 aliphatic carbocycles. The fourth-order valence-corrected chi connectivity index (χ4v) is 1.04. The summed E-state index contributed by atoms with van der Waals surface area (Å²) in [6.07, 6.45) is 5.96. The molecule has 52 valence electrons. The van der Waals surface area contributed by atoms with Crippen LogP contribution in [-0.2, 0) is 0 Å². The Balaban J connectivity index is 2.45. The van der Waals surface area contributed by atoms with Crippen LogP contribution in [0.1, 0.15) is 6.42 Å². The minimum absolute atomic E-state index is 0.613. The van der Waals surface area contributed by atoms with Crippen LogP contribution in [0.15, 0.2) is 24.0 Å². The van der Waals surface area contributed by atoms with E-state index in [0.717, 1.165) is 16.7 Å². The molecule has 0 aromatic rings. The Kier molecular flexibility index (Phi) is 0.943. The third-order valence-electron chi connectivity index (χ3n) is 1.54. The van der Waals surface area contributed by atoms with E-state index in [1.807, 2.05) is 6.08 Å². The van der Waals surface area contributed by atoms with E-state index in [0.29, 0.717) is 5.84 Å². The molecule has 0 saturated heterocycles. The maximum absolute atomic E-state index is 10.9. The molecule has 0 spiro atoms. The molecule has 0 aromatic carbocycles. The van der Waals surface area contributed by atoms with Crippen molar-refractivity contribution in [1.82, 2.24) is 10.9 Å². The van der Waals surface area contributed by atoms with Crippen LogP contribution in [0.5, 0.6) is 0 Å². The number of hydrogen-bond acceptors (Lipinski definition) is 3. The number of rotatable bonds is 0. The van der Waals surface area contributed by atoms with Gasteiger partial charge in [-0.3, -0.25) is 0 Å². The van der Waals surface area contributed by atoms with E-state index >= 15 is 0 Å². The second-order valence-electron chi connectivity index (χ2n) is 2.20. The zero-order chi connectivity index (χ0) is 6.97. The second-order valence-corrected chi connectivity index (χ2v) is 2.20. The molecule has 0 radical (unpaired) electrons. The molecule has 0 unspecified atom stereocenters. The molecule has 2 aliphatic heterocycles. The van der Waals surface area contributed by atoms with Crippen molar-refractivity contribution in [2.75, 3.05) is 0 Å². The van der Waals surface area contributed by atoms with E-state index in [-0.39, 0.29) is 0 Å². The normalized spacial score (nSPS) is 21.4. The molecule has 2 rings (SSSR count). The molecular weight excluding hydrogens is 130 g/mol. The molecule has 0 atom stereocenters. The van der Waals surface area contributed by atoms with Crippen molar-refractivity contribution in [2.24, 2.45) is 0 Å². The Labute approximate surface area is 58.1 Å². The summed E-state index contributed by atoms with van der Waals surface area (Å²) in [6, 6.07) is 0. The number of allylic oxidation sites excluding steroid dienone is 1. The van der Waals surface area contributed by atoms with E-state index in [4.69, 9.17) is 0 Å². The van der Waals surface area contributed by atoms with Gasteiger partial charge in [0.1, 0.15) is 0 Å². The van der Waals surface area contributed by atoms with Crippen molar-refractivity contribution < 1.29 is 4.74 Å². The van der Waals surface area contributed by atoms with Crippen molar-refractivity contribution in [3.05, 3.63) is 29.3 Å². The average Bonchev–Trinajstić information content (AvgIpc) is 2.36. The minimum Gasteiger partial charge on any atom is -0.711 e. The highest BCUT2D eigenvalue weighted by atomic mass is 16.5. The Morgan fingerprint density at radius 2 is 2.50 bits per heavy atom. The van der Waals surface area contributed by atoms with Gasteiger partial charge in [0.25, 0.3) is 0 Å². The summed E-state index contributed by atoms with van der Waals surface area (Å²) in [6.45, 7) is 0. The fourth-order valence-electron chi connectivity index (χ4n) is 1.04. The number of nitrogens with one attached hydrogen (secondary N) is 2. The van der Waals surface area contributed by atoms with Crippen molar-refractivity contribution in [2.45, 2.75) is 6.42 Å². The highest BCUT2D eigenvalue weighted by molar-refractivity contribution is 5.96. The maximum atomic E-state index is 10.9. The standard InChI is InChI=1S/C6H7N3O/c10-9-3-1-2-5-4-7-8-6(5)9/h1,3-4,7-8H,2H2. The van der Waals surface area contributed by atoms with Crippen LogP contribution in [0, 0.1) is 5.21 Å². The van der Waals surface area contributed by atoms with Gasteiger partial charge in [-0.15, -0.1) is 0 Å². The number of nitrogens with zero attached hydrogens (tertiary/aromatic N) is 1. The van der Waals surface area contributed by atoms with Gasteiger partial charge in [-0.25, -0.2) is 10.2 Å². The van der Waals surface area contributed by atoms with Crippen LogP contribution in [-0.4, -0.2) is 10.6 Å². The van der Waals surface area contributed by atoms with E-state index < -0.39 is 0 Å². The highest BCUT2D eigenvalue weighted by Crippen LogP contribution is 2.10. The van der Waals surface area contributed by atoms with E-state index in [9.17, 15) is 5.21 Å². The summed E-state index contributed by atoms with van der Waals surface area (Å²) in [5.41, 5.74) is 6.52. The molecular formula is C6H7N3O. The van der Waals surface area contributed by atoms with E-state index in [2.05, 4.69) is 10.9 Å². The lowest BCUT2D eigenvalue weighted by atomic mass is 10.1. The molecule has 2 heterocycles. The number of fused-ring (bicyclic) bond motifs is 1. The smallest absolute Gasteiger partial charge is 0.305 e. The lowest BCUT2D eigenvalue weighted by Crippen LogP contribution is -2.32. The summed E-state index contributed by atoms with van der Waals surface area (Å²) in [7, 11) is 0. The van der Waals surface area contributed by atoms with Gasteiger partial charge in [0.2, 0.25) is 0 Å². The molecule has 2 aliphatic rings. The van der Waals surface area contributed by atoms with Gasteiger partial charge >= 0.3 is 5.84 Å². The van der Waals surface area contributed by atoms with E-state index in [1.165, 1.54) is 6.20 Å². The number of amidine groups is 1. The molecule has 10 heavy (non-hydrogen) atoms. The van der Waals surface area contributed by atoms with Gasteiger partial charge in [0, 0.05) is 12.6 Å². The molecule has 2 N–H and O–H groups in total. The summed E-state index contributed by atoms with van der Waals surface area (Å²) in [5, 5.41) is 10.9. The third-order valence-corrected chi connectivity index (χ3v) is 1.54. The molecule has 0 aromatic heterocycles. The van der Waals surface area contributed by atoms with Gasteiger partial charge in [-0.2, -0.15) is 5.43 Å². The molecule has 4 heteroatoms. The van der Waals surface area contributed by atoms with Gasteiger partial charge < -0.3 is 5.21 Å². The van der Waals surface area contributed by atoms with Crippen molar-refractivity contribution in [3.8, 4) is 0 Å². The first kappa shape index (κ1) is 5.34. The first-order valence-corrected chi connectivity index (χ1v) is 3.09. The zero-order valence-corrected chi connectivity index (χ0v) is 5.29. The molecule has 0 bridgehead atoms. The van der Waals surface area contributed by atoms with Gasteiger partial charge in [-0.05, 0) is 6.08 Å². The highest BCUT2D eigenvalue weighted by Gasteiger charge is 2.21. The molecule has 0 fully saturated rings. The average molecular weight is 137 g/mol. The van der Waals surface area contributed by atoms with Crippen LogP contribution in [0.4, 0.5) is 0 Å². The van der Waals surface area contributed by atoms with Crippen molar-refractivity contribution in [1.29, 1.82) is 0 Å². The first-order valence-electron chi connectivity index (χ1n) is 3.09. The Bertz CT molecular complexity index is 252. The second kappa shape index (κ2) is 1.76. The summed E-state index contributed by atoms with van der Waals surface area (Å²) < 4.78 is 0.815. The first-order chi connectivity index (χ1) is 4.88. The predicted octanol–water partition coefficient (Wildman–Crippen LogP) is -0.196. The SMILES string of the molecule is [O-][N+]1=C2NNC=C2CC=C1. The quantitative estimate of drug-likeness (QED) is 0.359. The largest absolute Gasteiger partial charge is 0.711 e. The molecule has 4 nitrogen and oxygen atoms in total. The van der Waals surface area contributed by atoms with Gasteiger partial charge in [-0.1, -0.05) is 0 Å². The maximum Gasteiger partial charge on any atom is 0.305 e. The van der Waals surface area contributed by atoms with Crippen LogP contribution in [0.2, 0.25) is 0 Å². The third kappa shape index (κ3) is 0.586. The van der Waals surface area contributed by atoms with E-state index in [1.54, 1.807) is 6.20 Å². The molecule has 0 saturated carbocycles. The van der Waals surface area contributed by atoms with Gasteiger partial charge in [0.05, 0.1) is 11.8 Å². The van der Waals surface area contributed by atoms with Crippen molar-refractivity contribution in [3.63, 3.8) is 0 Å². The Hall–Kier alpha value is -1.45. The Morgan fingerprint density at radius 3 is 3.30 bits per heavy atom. The number of hydrogen-bond donors (Lipinski definition) is 2. The summed E-state index contributed by atoms with van der Waals surface area (Å²) in [5.74, 6) is 0.613. The summed E-state index contributed by atoms with van der Waals surface area (Å²) in [4.78, 5) is 0. The number of hydroxylamine groups is 1. The van der Waals surface area contributed by atoms with Crippen LogP contribution in [0.25, 0.3) is 0 Å². The lowest BCUT2D eigenvalue weighted by molar-refractivity contribution is -0.382. The topological polar surface area (TPSA) is 50.1 Å². The van der Waals surface area contributed by atoms with Gasteiger partial charge in [0.15, 0.2) is 0 Å². The molecule has 0 amide bonds. The number of hydrazine groups is 1. The fraction of sp³-hybridized carbons (Fsp3) is 0.167. The van der Waals surface area contributed by atoms with Crippen LogP contribution >= 0.6 is 0 Å². The summed E-state index contributed by atoms with van der Waals surface area (Å²) >= 11 is 0. The van der Waals surface area contributed by atoms with Crippen LogP contribution in [0.3, 0.4) is 0 Å². The monoisotopic (exact) mass is 137 g/mol. The van der Waals surface area contributed by atoms with Crippen molar-refractivity contribution >= 4 is 5.84 Å².